The van der Waals surface area contributed by atoms with Crippen LogP contribution in [0, 0.1) is 5.92 Å². The second kappa shape index (κ2) is 7.75. The summed E-state index contributed by atoms with van der Waals surface area (Å²) >= 11 is 7.04. The van der Waals surface area contributed by atoms with E-state index in [2.05, 4.69) is 50.9 Å². The topological polar surface area (TPSA) is 29.3 Å². The molecule has 0 spiro atoms. The molecule has 0 amide bonds. The summed E-state index contributed by atoms with van der Waals surface area (Å²) in [6.07, 6.45) is 1.18. The highest BCUT2D eigenvalue weighted by molar-refractivity contribution is 7.99. The molecule has 106 valence electrons. The molecule has 0 saturated carbocycles. The molecule has 0 radical (unpaired) electrons. The zero-order valence-electron chi connectivity index (χ0n) is 12.3. The first-order valence-corrected chi connectivity index (χ1v) is 8.17. The van der Waals surface area contributed by atoms with Gasteiger partial charge in [-0.05, 0) is 23.8 Å². The van der Waals surface area contributed by atoms with E-state index in [0.29, 0.717) is 10.9 Å². The molecular formula is C15H24N2S2. The Kier molecular flexibility index (Phi) is 6.66. The lowest BCUT2D eigenvalue weighted by molar-refractivity contribution is 0.559. The van der Waals surface area contributed by atoms with Gasteiger partial charge in [-0.25, -0.2) is 0 Å². The predicted molar refractivity (Wildman–Crippen MR) is 91.5 cm³/mol. The Morgan fingerprint density at radius 3 is 2.63 bits per heavy atom. The number of thiocarbonyl (C=S) groups is 1. The Hall–Kier alpha value is -0.740. The number of nitrogens with two attached hydrogens (primary N) is 1. The van der Waals surface area contributed by atoms with E-state index in [1.807, 2.05) is 0 Å². The molecule has 1 rings (SSSR count). The Bertz CT molecular complexity index is 432. The SMILES string of the molecule is CCSc1cccc(N(C)CC(C)CC)c1C(N)=S. The second-order valence-electron chi connectivity index (χ2n) is 4.84. The highest BCUT2D eigenvalue weighted by Crippen LogP contribution is 2.30. The van der Waals surface area contributed by atoms with E-state index in [4.69, 9.17) is 18.0 Å². The highest BCUT2D eigenvalue weighted by atomic mass is 32.2. The third-order valence-electron chi connectivity index (χ3n) is 3.24. The Balaban J connectivity index is 3.11. The summed E-state index contributed by atoms with van der Waals surface area (Å²) < 4.78 is 0. The van der Waals surface area contributed by atoms with Gasteiger partial charge in [-0.2, -0.15) is 0 Å². The zero-order valence-corrected chi connectivity index (χ0v) is 13.9. The van der Waals surface area contributed by atoms with Crippen LogP contribution in [0.2, 0.25) is 0 Å². The van der Waals surface area contributed by atoms with Crippen LogP contribution in [0.1, 0.15) is 32.8 Å². The third-order valence-corrected chi connectivity index (χ3v) is 4.39. The van der Waals surface area contributed by atoms with Gasteiger partial charge in [-0.3, -0.25) is 0 Å². The molecule has 0 fully saturated rings. The highest BCUT2D eigenvalue weighted by Gasteiger charge is 2.15. The first-order valence-electron chi connectivity index (χ1n) is 6.77. The van der Waals surface area contributed by atoms with E-state index in [0.717, 1.165) is 23.5 Å². The fourth-order valence-corrected chi connectivity index (χ4v) is 3.18. The van der Waals surface area contributed by atoms with E-state index < -0.39 is 0 Å². The first kappa shape index (κ1) is 16.3. The van der Waals surface area contributed by atoms with Gasteiger partial charge in [-0.1, -0.05) is 45.5 Å². The molecule has 0 aliphatic heterocycles. The van der Waals surface area contributed by atoms with Gasteiger partial charge in [0, 0.05) is 29.7 Å². The van der Waals surface area contributed by atoms with Crippen LogP contribution < -0.4 is 10.6 Å². The molecular weight excluding hydrogens is 272 g/mol. The fraction of sp³-hybridized carbons (Fsp3) is 0.533. The smallest absolute Gasteiger partial charge is 0.107 e. The number of hydrogen-bond acceptors (Lipinski definition) is 3. The number of hydrogen-bond donors (Lipinski definition) is 1. The summed E-state index contributed by atoms with van der Waals surface area (Å²) in [6, 6.07) is 6.29. The molecule has 4 heteroatoms. The van der Waals surface area contributed by atoms with E-state index >= 15 is 0 Å². The minimum Gasteiger partial charge on any atom is -0.389 e. The minimum absolute atomic E-state index is 0.488. The maximum absolute atomic E-state index is 5.94. The third kappa shape index (κ3) is 4.39. The van der Waals surface area contributed by atoms with Crippen molar-refractivity contribution in [3.8, 4) is 0 Å². The van der Waals surface area contributed by atoms with Crippen LogP contribution >= 0.6 is 24.0 Å². The Labute approximate surface area is 126 Å². The van der Waals surface area contributed by atoms with Crippen LogP contribution in [0.25, 0.3) is 0 Å². The van der Waals surface area contributed by atoms with Crippen molar-refractivity contribution in [3.05, 3.63) is 23.8 Å². The number of nitrogens with zero attached hydrogens (tertiary/aromatic N) is 1. The van der Waals surface area contributed by atoms with Crippen molar-refractivity contribution in [2.75, 3.05) is 24.2 Å². The molecule has 19 heavy (non-hydrogen) atoms. The summed E-state index contributed by atoms with van der Waals surface area (Å²) in [5.74, 6) is 1.68. The fourth-order valence-electron chi connectivity index (χ4n) is 2.06. The first-order chi connectivity index (χ1) is 9.01. The molecule has 1 atom stereocenters. The maximum atomic E-state index is 5.94. The van der Waals surface area contributed by atoms with Gasteiger partial charge in [0.05, 0.1) is 0 Å². The number of rotatable bonds is 7. The molecule has 1 unspecified atom stereocenters. The van der Waals surface area contributed by atoms with Gasteiger partial charge in [0.1, 0.15) is 4.99 Å². The van der Waals surface area contributed by atoms with Crippen LogP contribution in [-0.4, -0.2) is 24.3 Å². The van der Waals surface area contributed by atoms with Gasteiger partial charge in [0.25, 0.3) is 0 Å². The van der Waals surface area contributed by atoms with Crippen LogP contribution in [-0.2, 0) is 0 Å². The second-order valence-corrected chi connectivity index (χ2v) is 6.59. The van der Waals surface area contributed by atoms with Crippen LogP contribution in [0.15, 0.2) is 23.1 Å². The minimum atomic E-state index is 0.488. The predicted octanol–water partition coefficient (Wildman–Crippen LogP) is 3.92. The van der Waals surface area contributed by atoms with Gasteiger partial charge in [-0.15, -0.1) is 11.8 Å². The summed E-state index contributed by atoms with van der Waals surface area (Å²) in [4.78, 5) is 3.94. The van der Waals surface area contributed by atoms with Crippen molar-refractivity contribution in [1.82, 2.24) is 0 Å². The van der Waals surface area contributed by atoms with Crippen molar-refractivity contribution in [2.24, 2.45) is 11.7 Å². The van der Waals surface area contributed by atoms with E-state index in [1.165, 1.54) is 11.3 Å². The largest absolute Gasteiger partial charge is 0.389 e. The normalized spacial score (nSPS) is 12.2. The van der Waals surface area contributed by atoms with E-state index in [-0.39, 0.29) is 0 Å². The lowest BCUT2D eigenvalue weighted by Gasteiger charge is -2.26. The van der Waals surface area contributed by atoms with E-state index in [1.54, 1.807) is 11.8 Å². The Morgan fingerprint density at radius 2 is 2.11 bits per heavy atom. The van der Waals surface area contributed by atoms with Gasteiger partial charge in [0.15, 0.2) is 0 Å². The van der Waals surface area contributed by atoms with Crippen molar-refractivity contribution in [1.29, 1.82) is 0 Å². The molecule has 0 aliphatic carbocycles. The standard InChI is InChI=1S/C15H24N2S2/c1-5-11(3)10-17(4)12-8-7-9-13(19-6-2)14(12)15(16)18/h7-9,11H,5-6,10H2,1-4H3,(H2,16,18). The lowest BCUT2D eigenvalue weighted by Crippen LogP contribution is -2.26. The van der Waals surface area contributed by atoms with Gasteiger partial charge < -0.3 is 10.6 Å². The average molecular weight is 297 g/mol. The van der Waals surface area contributed by atoms with Crippen molar-refractivity contribution < 1.29 is 0 Å². The molecule has 0 saturated heterocycles. The molecule has 0 bridgehead atoms. The number of anilines is 1. The molecule has 0 aliphatic rings. The Morgan fingerprint density at radius 1 is 1.42 bits per heavy atom. The molecule has 0 aromatic heterocycles. The average Bonchev–Trinajstić information content (AvgIpc) is 2.38. The van der Waals surface area contributed by atoms with Gasteiger partial charge >= 0.3 is 0 Å². The van der Waals surface area contributed by atoms with Crippen molar-refractivity contribution in [2.45, 2.75) is 32.1 Å². The summed E-state index contributed by atoms with van der Waals surface area (Å²) in [7, 11) is 2.11. The summed E-state index contributed by atoms with van der Waals surface area (Å²) in [5, 5.41) is 0. The molecule has 2 nitrogen and oxygen atoms in total. The molecule has 1 aromatic carbocycles. The maximum Gasteiger partial charge on any atom is 0.107 e. The van der Waals surface area contributed by atoms with Crippen molar-refractivity contribution >= 4 is 34.7 Å². The lowest BCUT2D eigenvalue weighted by atomic mass is 10.1. The monoisotopic (exact) mass is 296 g/mol. The summed E-state index contributed by atoms with van der Waals surface area (Å²) in [6.45, 7) is 7.65. The molecule has 2 N–H and O–H groups in total. The summed E-state index contributed by atoms with van der Waals surface area (Å²) in [5.41, 5.74) is 8.11. The van der Waals surface area contributed by atoms with Crippen molar-refractivity contribution in [3.63, 3.8) is 0 Å². The molecule has 1 aromatic rings. The van der Waals surface area contributed by atoms with Crippen LogP contribution in [0.3, 0.4) is 0 Å². The van der Waals surface area contributed by atoms with Gasteiger partial charge in [0.2, 0.25) is 0 Å². The number of benzene rings is 1. The van der Waals surface area contributed by atoms with Crippen LogP contribution in [0.4, 0.5) is 5.69 Å². The van der Waals surface area contributed by atoms with E-state index in [9.17, 15) is 0 Å². The quantitative estimate of drug-likeness (QED) is 0.610. The van der Waals surface area contributed by atoms with Crippen LogP contribution in [0.5, 0.6) is 0 Å². The number of thioether (sulfide) groups is 1. The zero-order chi connectivity index (χ0) is 14.4. The molecule has 0 heterocycles.